The van der Waals surface area contributed by atoms with Crippen molar-refractivity contribution in [3.05, 3.63) is 44.7 Å². The fraction of sp³-hybridized carbons (Fsp3) is 0.286. The smallest absolute Gasteiger partial charge is 0.293 e. The van der Waals surface area contributed by atoms with Gasteiger partial charge in [-0.1, -0.05) is 0 Å². The molecule has 2 rings (SSSR count). The zero-order chi connectivity index (χ0) is 16.4. The first-order chi connectivity index (χ1) is 10.3. The van der Waals surface area contributed by atoms with Gasteiger partial charge in [-0.15, -0.1) is 0 Å². The van der Waals surface area contributed by atoms with E-state index in [2.05, 4.69) is 5.32 Å². The van der Waals surface area contributed by atoms with Crippen LogP contribution in [-0.4, -0.2) is 28.5 Å². The zero-order valence-electron chi connectivity index (χ0n) is 12.3. The summed E-state index contributed by atoms with van der Waals surface area (Å²) in [7, 11) is 3.00. The Morgan fingerprint density at radius 2 is 2.09 bits per heavy atom. The first-order valence-corrected chi connectivity index (χ1v) is 6.51. The molecule has 2 aromatic rings. The van der Waals surface area contributed by atoms with E-state index < -0.39 is 16.6 Å². The van der Waals surface area contributed by atoms with Crippen LogP contribution in [0.3, 0.4) is 0 Å². The number of aryl methyl sites for hydroxylation is 1. The van der Waals surface area contributed by atoms with Gasteiger partial charge in [0, 0.05) is 31.6 Å². The fourth-order valence-electron chi connectivity index (χ4n) is 2.09. The lowest BCUT2D eigenvalue weighted by Gasteiger charge is -2.14. The van der Waals surface area contributed by atoms with Crippen molar-refractivity contribution < 1.29 is 14.5 Å². The van der Waals surface area contributed by atoms with Crippen LogP contribution in [0.4, 0.5) is 5.69 Å². The first-order valence-electron chi connectivity index (χ1n) is 6.51. The molecule has 1 amide bonds. The predicted octanol–water partition coefficient (Wildman–Crippen LogP) is 0.960. The number of rotatable bonds is 4. The highest BCUT2D eigenvalue weighted by atomic mass is 16.6. The molecular weight excluding hydrogens is 290 g/mol. The number of aromatic nitrogens is 1. The van der Waals surface area contributed by atoms with Crippen LogP contribution < -0.4 is 15.6 Å². The maximum Gasteiger partial charge on any atom is 0.293 e. The highest BCUT2D eigenvalue weighted by Gasteiger charge is 2.17. The molecule has 1 heterocycles. The fourth-order valence-corrected chi connectivity index (χ4v) is 2.09. The number of likely N-dealkylation sites (N-methyl/N-ethyl adjacent to an activating group) is 1. The van der Waals surface area contributed by atoms with Crippen molar-refractivity contribution in [1.82, 2.24) is 9.88 Å². The van der Waals surface area contributed by atoms with Gasteiger partial charge in [0.2, 0.25) is 0 Å². The summed E-state index contributed by atoms with van der Waals surface area (Å²) >= 11 is 0. The van der Waals surface area contributed by atoms with Gasteiger partial charge in [0.25, 0.3) is 17.2 Å². The Morgan fingerprint density at radius 1 is 1.41 bits per heavy atom. The number of fused-ring (bicyclic) bond motifs is 1. The summed E-state index contributed by atoms with van der Waals surface area (Å²) in [5.74, 6) is -0.409. The summed E-state index contributed by atoms with van der Waals surface area (Å²) in [6.07, 6.45) is -0.853. The Labute approximate surface area is 125 Å². The van der Waals surface area contributed by atoms with Gasteiger partial charge in [-0.05, 0) is 19.1 Å². The monoisotopic (exact) mass is 305 g/mol. The molecule has 0 aliphatic carbocycles. The van der Waals surface area contributed by atoms with Gasteiger partial charge in [0.15, 0.2) is 11.9 Å². The third-order valence-corrected chi connectivity index (χ3v) is 3.30. The number of hydrogen-bond acceptors (Lipinski definition) is 5. The number of hydrogen-bond donors (Lipinski definition) is 1. The quantitative estimate of drug-likeness (QED) is 0.669. The number of pyridine rings is 1. The maximum atomic E-state index is 12.2. The van der Waals surface area contributed by atoms with Crippen LogP contribution in [0.2, 0.25) is 0 Å². The van der Waals surface area contributed by atoms with Crippen molar-refractivity contribution in [2.45, 2.75) is 13.0 Å². The molecule has 1 N–H and O–H groups in total. The molecule has 8 nitrogen and oxygen atoms in total. The highest BCUT2D eigenvalue weighted by Crippen LogP contribution is 2.22. The van der Waals surface area contributed by atoms with E-state index in [-0.39, 0.29) is 17.3 Å². The highest BCUT2D eigenvalue weighted by molar-refractivity contribution is 5.83. The second-order valence-electron chi connectivity index (χ2n) is 4.75. The van der Waals surface area contributed by atoms with Gasteiger partial charge in [-0.25, -0.2) is 0 Å². The molecule has 0 spiro atoms. The molecule has 0 radical (unpaired) electrons. The molecule has 0 saturated carbocycles. The number of amides is 1. The third kappa shape index (κ3) is 2.76. The zero-order valence-corrected chi connectivity index (χ0v) is 12.3. The van der Waals surface area contributed by atoms with Crippen molar-refractivity contribution >= 4 is 22.5 Å². The second-order valence-corrected chi connectivity index (χ2v) is 4.75. The molecular formula is C14H15N3O5. The molecule has 1 aromatic heterocycles. The van der Waals surface area contributed by atoms with Crippen LogP contribution >= 0.6 is 0 Å². The second kappa shape index (κ2) is 5.84. The minimum Gasteiger partial charge on any atom is -0.475 e. The summed E-state index contributed by atoms with van der Waals surface area (Å²) < 4.78 is 6.70. The van der Waals surface area contributed by atoms with Gasteiger partial charge in [-0.2, -0.15) is 0 Å². The van der Waals surface area contributed by atoms with Gasteiger partial charge in [0.05, 0.1) is 10.4 Å². The van der Waals surface area contributed by atoms with Crippen molar-refractivity contribution in [3.8, 4) is 5.75 Å². The van der Waals surface area contributed by atoms with Gasteiger partial charge in [0.1, 0.15) is 0 Å². The lowest BCUT2D eigenvalue weighted by Crippen LogP contribution is -2.35. The average molecular weight is 305 g/mol. The number of nitrogens with one attached hydrogen (secondary N) is 1. The van der Waals surface area contributed by atoms with Crippen LogP contribution in [-0.2, 0) is 11.8 Å². The number of ether oxygens (including phenoxy) is 1. The van der Waals surface area contributed by atoms with Crippen LogP contribution in [0, 0.1) is 10.1 Å². The van der Waals surface area contributed by atoms with E-state index in [1.165, 1.54) is 49.9 Å². The largest absolute Gasteiger partial charge is 0.475 e. The molecule has 1 atom stereocenters. The Hall–Kier alpha value is -2.90. The van der Waals surface area contributed by atoms with Crippen molar-refractivity contribution in [2.75, 3.05) is 7.05 Å². The van der Waals surface area contributed by atoms with Crippen molar-refractivity contribution in [3.63, 3.8) is 0 Å². The first kappa shape index (κ1) is 15.5. The van der Waals surface area contributed by atoms with Gasteiger partial charge < -0.3 is 14.6 Å². The summed E-state index contributed by atoms with van der Waals surface area (Å²) in [5, 5.41) is 13.7. The van der Waals surface area contributed by atoms with Crippen molar-refractivity contribution in [1.29, 1.82) is 0 Å². The Balaban J connectivity index is 2.55. The number of non-ortho nitro benzene ring substituents is 1. The number of carbonyl (C=O) groups is 1. The standard InChI is InChI=1S/C14H15N3O5/c1-8(13(18)15-2)22-12-7-9-6-10(17(20)21)4-5-11(9)16(3)14(12)19/h4-8H,1-3H3,(H,15,18). The van der Waals surface area contributed by atoms with Gasteiger partial charge >= 0.3 is 0 Å². The van der Waals surface area contributed by atoms with Crippen LogP contribution in [0.5, 0.6) is 5.75 Å². The van der Waals surface area contributed by atoms with E-state index in [0.29, 0.717) is 10.9 Å². The predicted molar refractivity (Wildman–Crippen MR) is 80.0 cm³/mol. The maximum absolute atomic E-state index is 12.2. The van der Waals surface area contributed by atoms with Crippen LogP contribution in [0.25, 0.3) is 10.9 Å². The molecule has 0 aliphatic heterocycles. The minimum atomic E-state index is -0.853. The Bertz CT molecular complexity index is 812. The SMILES string of the molecule is CNC(=O)C(C)Oc1cc2cc([N+](=O)[O-])ccc2n(C)c1=O. The third-order valence-electron chi connectivity index (χ3n) is 3.30. The molecule has 0 bridgehead atoms. The van der Waals surface area contributed by atoms with E-state index in [1.54, 1.807) is 0 Å². The van der Waals surface area contributed by atoms with Crippen LogP contribution in [0.15, 0.2) is 29.1 Å². The number of carbonyl (C=O) groups excluding carboxylic acids is 1. The summed E-state index contributed by atoms with van der Waals surface area (Å²) in [6.45, 7) is 1.51. The molecule has 0 aliphatic rings. The molecule has 0 saturated heterocycles. The summed E-state index contributed by atoms with van der Waals surface area (Å²) in [4.78, 5) is 34.0. The molecule has 0 fully saturated rings. The topological polar surface area (TPSA) is 103 Å². The lowest BCUT2D eigenvalue weighted by atomic mass is 10.2. The van der Waals surface area contributed by atoms with E-state index in [9.17, 15) is 19.7 Å². The number of benzene rings is 1. The number of nitrogens with zero attached hydrogens (tertiary/aromatic N) is 2. The van der Waals surface area contributed by atoms with E-state index >= 15 is 0 Å². The molecule has 1 aromatic carbocycles. The summed E-state index contributed by atoms with van der Waals surface area (Å²) in [5.41, 5.74) is 0.0316. The van der Waals surface area contributed by atoms with Crippen molar-refractivity contribution in [2.24, 2.45) is 7.05 Å². The number of nitro groups is 1. The lowest BCUT2D eigenvalue weighted by molar-refractivity contribution is -0.384. The van der Waals surface area contributed by atoms with E-state index in [4.69, 9.17) is 4.74 Å². The van der Waals surface area contributed by atoms with E-state index in [0.717, 1.165) is 0 Å². The Morgan fingerprint density at radius 3 is 2.68 bits per heavy atom. The normalized spacial score (nSPS) is 12.0. The average Bonchev–Trinajstić information content (AvgIpc) is 2.50. The molecule has 8 heteroatoms. The van der Waals surface area contributed by atoms with Gasteiger partial charge in [-0.3, -0.25) is 19.7 Å². The van der Waals surface area contributed by atoms with E-state index in [1.807, 2.05) is 0 Å². The minimum absolute atomic E-state index is 0.0356. The van der Waals surface area contributed by atoms with Crippen LogP contribution in [0.1, 0.15) is 6.92 Å². The number of nitro benzene ring substituents is 1. The summed E-state index contributed by atoms with van der Waals surface area (Å²) in [6, 6.07) is 5.59. The molecule has 22 heavy (non-hydrogen) atoms. The Kier molecular flexibility index (Phi) is 4.11. The molecule has 116 valence electrons. The molecule has 1 unspecified atom stereocenters.